The summed E-state index contributed by atoms with van der Waals surface area (Å²) in [5.74, 6) is 0.805. The van der Waals surface area contributed by atoms with Crippen LogP contribution in [0.3, 0.4) is 0 Å². The van der Waals surface area contributed by atoms with Gasteiger partial charge in [0.05, 0.1) is 12.2 Å². The van der Waals surface area contributed by atoms with E-state index in [9.17, 15) is 4.79 Å². The molecule has 0 atom stereocenters. The second-order valence-electron chi connectivity index (χ2n) is 6.76. The SMILES string of the molecule is COCCNc1ccc(C(=O)N2CCN(C/C=C/c3ccccc3)CC2)cn1. The number of carbonyl (C=O) groups excluding carboxylic acids is 1. The number of carbonyl (C=O) groups is 1. The maximum atomic E-state index is 12.7. The first-order chi connectivity index (χ1) is 13.8. The van der Waals surface area contributed by atoms with Gasteiger partial charge in [0, 0.05) is 52.6 Å². The van der Waals surface area contributed by atoms with Gasteiger partial charge in [-0.1, -0.05) is 42.5 Å². The lowest BCUT2D eigenvalue weighted by Gasteiger charge is -2.34. The van der Waals surface area contributed by atoms with E-state index in [1.807, 2.05) is 35.2 Å². The molecule has 1 aliphatic heterocycles. The molecule has 6 heteroatoms. The number of piperazine rings is 1. The Bertz CT molecular complexity index is 754. The number of rotatable bonds is 8. The minimum absolute atomic E-state index is 0.0513. The Morgan fingerprint density at radius 1 is 1.14 bits per heavy atom. The van der Waals surface area contributed by atoms with Gasteiger partial charge < -0.3 is 15.0 Å². The van der Waals surface area contributed by atoms with Crippen LogP contribution in [0, 0.1) is 0 Å². The number of nitrogens with zero attached hydrogens (tertiary/aromatic N) is 3. The molecule has 2 aromatic rings. The highest BCUT2D eigenvalue weighted by molar-refractivity contribution is 5.94. The molecule has 0 aliphatic carbocycles. The van der Waals surface area contributed by atoms with Crippen molar-refractivity contribution < 1.29 is 9.53 Å². The Hall–Kier alpha value is -2.70. The van der Waals surface area contributed by atoms with Crippen LogP contribution in [0.5, 0.6) is 0 Å². The fraction of sp³-hybridized carbons (Fsp3) is 0.364. The molecular formula is C22H28N4O2. The first-order valence-corrected chi connectivity index (χ1v) is 9.68. The highest BCUT2D eigenvalue weighted by Gasteiger charge is 2.21. The van der Waals surface area contributed by atoms with Crippen molar-refractivity contribution >= 4 is 17.8 Å². The van der Waals surface area contributed by atoms with Crippen molar-refractivity contribution in [2.45, 2.75) is 0 Å². The quantitative estimate of drug-likeness (QED) is 0.714. The Kier molecular flexibility index (Phi) is 7.58. The van der Waals surface area contributed by atoms with Crippen LogP contribution >= 0.6 is 0 Å². The highest BCUT2D eigenvalue weighted by Crippen LogP contribution is 2.11. The molecule has 1 aromatic carbocycles. The second-order valence-corrected chi connectivity index (χ2v) is 6.76. The van der Waals surface area contributed by atoms with Crippen molar-refractivity contribution in [1.29, 1.82) is 0 Å². The monoisotopic (exact) mass is 380 g/mol. The maximum absolute atomic E-state index is 12.7. The molecule has 3 rings (SSSR count). The summed E-state index contributed by atoms with van der Waals surface area (Å²) in [5, 5.41) is 3.15. The van der Waals surface area contributed by atoms with E-state index in [1.165, 1.54) is 5.56 Å². The summed E-state index contributed by atoms with van der Waals surface area (Å²) in [6, 6.07) is 14.0. The van der Waals surface area contributed by atoms with E-state index in [0.29, 0.717) is 18.7 Å². The molecule has 6 nitrogen and oxygen atoms in total. The number of pyridine rings is 1. The van der Waals surface area contributed by atoms with Gasteiger partial charge in [-0.15, -0.1) is 0 Å². The molecule has 1 aliphatic rings. The van der Waals surface area contributed by atoms with Gasteiger partial charge >= 0.3 is 0 Å². The summed E-state index contributed by atoms with van der Waals surface area (Å²) in [7, 11) is 1.66. The van der Waals surface area contributed by atoms with Gasteiger partial charge in [-0.25, -0.2) is 4.98 Å². The van der Waals surface area contributed by atoms with E-state index in [-0.39, 0.29) is 5.91 Å². The molecule has 1 fully saturated rings. The number of anilines is 1. The Morgan fingerprint density at radius 3 is 2.61 bits per heavy atom. The third-order valence-electron chi connectivity index (χ3n) is 4.76. The molecule has 0 unspecified atom stereocenters. The number of hydrogen-bond acceptors (Lipinski definition) is 5. The predicted octanol–water partition coefficient (Wildman–Crippen LogP) is 2.61. The number of benzene rings is 1. The van der Waals surface area contributed by atoms with Crippen molar-refractivity contribution in [1.82, 2.24) is 14.8 Å². The Labute approximate surface area is 166 Å². The molecule has 1 saturated heterocycles. The molecule has 0 saturated carbocycles. The van der Waals surface area contributed by atoms with Gasteiger partial charge in [0.25, 0.3) is 5.91 Å². The van der Waals surface area contributed by atoms with Crippen molar-refractivity contribution in [3.05, 3.63) is 65.9 Å². The third-order valence-corrected chi connectivity index (χ3v) is 4.76. The summed E-state index contributed by atoms with van der Waals surface area (Å²) in [6.45, 7) is 5.46. The second kappa shape index (κ2) is 10.6. The van der Waals surface area contributed by atoms with E-state index < -0.39 is 0 Å². The minimum atomic E-state index is 0.0513. The van der Waals surface area contributed by atoms with Crippen LogP contribution in [0.15, 0.2) is 54.7 Å². The normalized spacial score (nSPS) is 15.1. The zero-order chi connectivity index (χ0) is 19.6. The van der Waals surface area contributed by atoms with Crippen LogP contribution in [0.4, 0.5) is 5.82 Å². The number of aromatic nitrogens is 1. The average molecular weight is 380 g/mol. The van der Waals surface area contributed by atoms with E-state index in [1.54, 1.807) is 13.3 Å². The van der Waals surface area contributed by atoms with E-state index in [2.05, 4.69) is 39.5 Å². The van der Waals surface area contributed by atoms with Crippen LogP contribution in [-0.2, 0) is 4.74 Å². The molecule has 28 heavy (non-hydrogen) atoms. The number of amides is 1. The van der Waals surface area contributed by atoms with E-state index in [4.69, 9.17) is 4.74 Å². The van der Waals surface area contributed by atoms with E-state index in [0.717, 1.165) is 38.5 Å². The first-order valence-electron chi connectivity index (χ1n) is 9.68. The molecule has 1 aromatic heterocycles. The lowest BCUT2D eigenvalue weighted by Crippen LogP contribution is -2.48. The van der Waals surface area contributed by atoms with Gasteiger partial charge in [-0.05, 0) is 17.7 Å². The van der Waals surface area contributed by atoms with Gasteiger partial charge in [0.2, 0.25) is 0 Å². The van der Waals surface area contributed by atoms with Crippen LogP contribution in [-0.4, -0.2) is 73.7 Å². The zero-order valence-corrected chi connectivity index (χ0v) is 16.4. The molecular weight excluding hydrogens is 352 g/mol. The van der Waals surface area contributed by atoms with Crippen molar-refractivity contribution in [2.75, 3.05) is 58.3 Å². The maximum Gasteiger partial charge on any atom is 0.255 e. The molecule has 1 N–H and O–H groups in total. The summed E-state index contributed by atoms with van der Waals surface area (Å²) >= 11 is 0. The number of hydrogen-bond donors (Lipinski definition) is 1. The van der Waals surface area contributed by atoms with E-state index >= 15 is 0 Å². The standard InChI is InChI=1S/C22H28N4O2/c1-28-17-11-23-21-10-9-20(18-24-21)22(27)26-15-13-25(14-16-26)12-5-8-19-6-3-2-4-7-19/h2-10,18H,11-17H2,1H3,(H,23,24)/b8-5+. The first kappa shape index (κ1) is 20.0. The lowest BCUT2D eigenvalue weighted by molar-refractivity contribution is 0.0650. The summed E-state index contributed by atoms with van der Waals surface area (Å²) in [5.41, 5.74) is 1.85. The highest BCUT2D eigenvalue weighted by atomic mass is 16.5. The molecule has 0 spiro atoms. The van der Waals surface area contributed by atoms with Crippen molar-refractivity contribution in [2.24, 2.45) is 0 Å². The number of methoxy groups -OCH3 is 1. The summed E-state index contributed by atoms with van der Waals surface area (Å²) in [6.07, 6.45) is 5.98. The Balaban J connectivity index is 1.44. The van der Waals surface area contributed by atoms with Gasteiger partial charge in [0.15, 0.2) is 0 Å². The van der Waals surface area contributed by atoms with Crippen LogP contribution in [0.2, 0.25) is 0 Å². The van der Waals surface area contributed by atoms with Crippen LogP contribution in [0.1, 0.15) is 15.9 Å². The van der Waals surface area contributed by atoms with Crippen LogP contribution in [0.25, 0.3) is 6.08 Å². The van der Waals surface area contributed by atoms with Gasteiger partial charge in [-0.3, -0.25) is 9.69 Å². The predicted molar refractivity (Wildman–Crippen MR) is 112 cm³/mol. The minimum Gasteiger partial charge on any atom is -0.383 e. The lowest BCUT2D eigenvalue weighted by atomic mass is 10.2. The topological polar surface area (TPSA) is 57.7 Å². The van der Waals surface area contributed by atoms with Gasteiger partial charge in [-0.2, -0.15) is 0 Å². The molecule has 148 valence electrons. The molecule has 0 radical (unpaired) electrons. The third kappa shape index (κ3) is 5.90. The zero-order valence-electron chi connectivity index (χ0n) is 16.4. The molecule has 2 heterocycles. The molecule has 1 amide bonds. The molecule has 0 bridgehead atoms. The largest absolute Gasteiger partial charge is 0.383 e. The average Bonchev–Trinajstić information content (AvgIpc) is 2.75. The van der Waals surface area contributed by atoms with Crippen molar-refractivity contribution in [3.63, 3.8) is 0 Å². The summed E-state index contributed by atoms with van der Waals surface area (Å²) < 4.78 is 5.00. The fourth-order valence-corrected chi connectivity index (χ4v) is 3.12. The Morgan fingerprint density at radius 2 is 1.93 bits per heavy atom. The smallest absolute Gasteiger partial charge is 0.255 e. The van der Waals surface area contributed by atoms with Gasteiger partial charge in [0.1, 0.15) is 5.82 Å². The number of ether oxygens (including phenoxy) is 1. The summed E-state index contributed by atoms with van der Waals surface area (Å²) in [4.78, 5) is 21.3. The van der Waals surface area contributed by atoms with Crippen LogP contribution < -0.4 is 5.32 Å². The van der Waals surface area contributed by atoms with Crippen molar-refractivity contribution in [3.8, 4) is 0 Å². The fourth-order valence-electron chi connectivity index (χ4n) is 3.12. The number of nitrogens with one attached hydrogen (secondary N) is 1.